The predicted octanol–water partition coefficient (Wildman–Crippen LogP) is 4.24. The molecule has 2 aromatic carbocycles. The molecule has 1 nitrogen and oxygen atoms in total. The lowest BCUT2D eigenvalue weighted by Crippen LogP contribution is -2.24. The summed E-state index contributed by atoms with van der Waals surface area (Å²) in [7, 11) is 0. The smallest absolute Gasteiger partial charge is 0.141 e. The lowest BCUT2D eigenvalue weighted by molar-refractivity contribution is 0.0575. The van der Waals surface area contributed by atoms with Gasteiger partial charge >= 0.3 is 0 Å². The fourth-order valence-corrected chi connectivity index (χ4v) is 2.33. The molecule has 0 aliphatic rings. The Morgan fingerprint density at radius 3 is 2.58 bits per heavy atom. The van der Waals surface area contributed by atoms with E-state index in [4.69, 9.17) is 11.6 Å². The van der Waals surface area contributed by atoms with Gasteiger partial charge in [0.25, 0.3) is 0 Å². The Bertz CT molecular complexity index is 593. The van der Waals surface area contributed by atoms with Crippen LogP contribution >= 0.6 is 11.6 Å². The SMILES string of the molecule is Cc1cccc(C(C)(O)Cc2ccc(F)c(Cl)c2)c1. The number of benzene rings is 2. The molecule has 1 N–H and O–H groups in total. The molecule has 2 rings (SSSR count). The Labute approximate surface area is 117 Å². The normalized spacial score (nSPS) is 14.2. The van der Waals surface area contributed by atoms with Gasteiger partial charge in [-0.25, -0.2) is 4.39 Å². The van der Waals surface area contributed by atoms with Crippen molar-refractivity contribution in [1.29, 1.82) is 0 Å². The summed E-state index contributed by atoms with van der Waals surface area (Å²) < 4.78 is 13.1. The second kappa shape index (κ2) is 5.32. The van der Waals surface area contributed by atoms with E-state index in [0.29, 0.717) is 6.42 Å². The summed E-state index contributed by atoms with van der Waals surface area (Å²) in [5.41, 5.74) is 1.73. The Morgan fingerprint density at radius 1 is 1.21 bits per heavy atom. The Hall–Kier alpha value is -1.38. The third-order valence-electron chi connectivity index (χ3n) is 3.17. The van der Waals surface area contributed by atoms with Crippen LogP contribution in [0.3, 0.4) is 0 Å². The molecule has 0 aromatic heterocycles. The Morgan fingerprint density at radius 2 is 1.95 bits per heavy atom. The van der Waals surface area contributed by atoms with Crippen LogP contribution in [0.25, 0.3) is 0 Å². The second-order valence-electron chi connectivity index (χ2n) is 5.07. The summed E-state index contributed by atoms with van der Waals surface area (Å²) in [5, 5.41) is 10.7. The third-order valence-corrected chi connectivity index (χ3v) is 3.46. The van der Waals surface area contributed by atoms with Crippen LogP contribution in [0.1, 0.15) is 23.6 Å². The molecule has 0 saturated carbocycles. The van der Waals surface area contributed by atoms with E-state index < -0.39 is 11.4 Å². The standard InChI is InChI=1S/C16H16ClFO/c1-11-4-3-5-13(8-11)16(2,19)10-12-6-7-15(18)14(17)9-12/h3-9,19H,10H2,1-2H3. The van der Waals surface area contributed by atoms with Crippen molar-refractivity contribution in [2.45, 2.75) is 25.9 Å². The van der Waals surface area contributed by atoms with Crippen molar-refractivity contribution < 1.29 is 9.50 Å². The zero-order valence-corrected chi connectivity index (χ0v) is 11.7. The van der Waals surface area contributed by atoms with Crippen LogP contribution in [0.5, 0.6) is 0 Å². The topological polar surface area (TPSA) is 20.2 Å². The van der Waals surface area contributed by atoms with Gasteiger partial charge in [-0.2, -0.15) is 0 Å². The molecule has 100 valence electrons. The number of hydrogen-bond acceptors (Lipinski definition) is 1. The van der Waals surface area contributed by atoms with Crippen LogP contribution in [-0.2, 0) is 12.0 Å². The van der Waals surface area contributed by atoms with E-state index in [-0.39, 0.29) is 5.02 Å². The third kappa shape index (κ3) is 3.34. The molecule has 3 heteroatoms. The van der Waals surface area contributed by atoms with Crippen molar-refractivity contribution in [3.05, 3.63) is 70.0 Å². The molecule has 0 radical (unpaired) electrons. The van der Waals surface area contributed by atoms with Gasteiger partial charge in [0.2, 0.25) is 0 Å². The quantitative estimate of drug-likeness (QED) is 0.890. The van der Waals surface area contributed by atoms with E-state index in [1.165, 1.54) is 6.07 Å². The van der Waals surface area contributed by atoms with Gasteiger partial charge in [0.05, 0.1) is 10.6 Å². The maximum atomic E-state index is 13.1. The molecule has 0 amide bonds. The number of aliphatic hydroxyl groups is 1. The van der Waals surface area contributed by atoms with Crippen molar-refractivity contribution in [1.82, 2.24) is 0 Å². The highest BCUT2D eigenvalue weighted by atomic mass is 35.5. The number of aryl methyl sites for hydroxylation is 1. The van der Waals surface area contributed by atoms with Crippen LogP contribution in [0.4, 0.5) is 4.39 Å². The average molecular weight is 279 g/mol. The lowest BCUT2D eigenvalue weighted by Gasteiger charge is -2.24. The first-order valence-corrected chi connectivity index (χ1v) is 6.50. The highest BCUT2D eigenvalue weighted by Gasteiger charge is 2.23. The molecule has 0 bridgehead atoms. The van der Waals surface area contributed by atoms with E-state index >= 15 is 0 Å². The molecule has 0 aliphatic heterocycles. The van der Waals surface area contributed by atoms with Crippen molar-refractivity contribution in [3.8, 4) is 0 Å². The summed E-state index contributed by atoms with van der Waals surface area (Å²) in [6.07, 6.45) is 0.385. The molecule has 0 saturated heterocycles. The van der Waals surface area contributed by atoms with E-state index in [2.05, 4.69) is 0 Å². The Kier molecular flexibility index (Phi) is 3.93. The fourth-order valence-electron chi connectivity index (χ4n) is 2.13. The largest absolute Gasteiger partial charge is 0.385 e. The van der Waals surface area contributed by atoms with Gasteiger partial charge in [-0.1, -0.05) is 47.5 Å². The molecule has 0 fully saturated rings. The molecule has 0 aliphatic carbocycles. The zero-order valence-electron chi connectivity index (χ0n) is 11.0. The molecule has 2 aromatic rings. The summed E-state index contributed by atoms with van der Waals surface area (Å²) in [4.78, 5) is 0. The van der Waals surface area contributed by atoms with Gasteiger partial charge in [0, 0.05) is 6.42 Å². The highest BCUT2D eigenvalue weighted by molar-refractivity contribution is 6.30. The van der Waals surface area contributed by atoms with Crippen molar-refractivity contribution in [3.63, 3.8) is 0 Å². The van der Waals surface area contributed by atoms with Crippen LogP contribution < -0.4 is 0 Å². The van der Waals surface area contributed by atoms with E-state index in [9.17, 15) is 9.50 Å². The molecule has 0 heterocycles. The van der Waals surface area contributed by atoms with Crippen molar-refractivity contribution in [2.75, 3.05) is 0 Å². The van der Waals surface area contributed by atoms with Crippen molar-refractivity contribution in [2.24, 2.45) is 0 Å². The minimum absolute atomic E-state index is 0.0811. The number of halogens is 2. The first-order chi connectivity index (χ1) is 8.88. The minimum atomic E-state index is -1.01. The highest BCUT2D eigenvalue weighted by Crippen LogP contribution is 2.27. The van der Waals surface area contributed by atoms with Gasteiger partial charge in [0.15, 0.2) is 0 Å². The molecule has 0 spiro atoms. The first kappa shape index (κ1) is 14.0. The van der Waals surface area contributed by atoms with Crippen LogP contribution in [0.15, 0.2) is 42.5 Å². The number of rotatable bonds is 3. The van der Waals surface area contributed by atoms with Crippen molar-refractivity contribution >= 4 is 11.6 Å². The summed E-state index contributed by atoms with van der Waals surface area (Å²) in [6, 6.07) is 12.3. The van der Waals surface area contributed by atoms with Gasteiger partial charge in [-0.15, -0.1) is 0 Å². The zero-order chi connectivity index (χ0) is 14.0. The molecule has 1 atom stereocenters. The fraction of sp³-hybridized carbons (Fsp3) is 0.250. The summed E-state index contributed by atoms with van der Waals surface area (Å²) in [5.74, 6) is -0.444. The molecule has 19 heavy (non-hydrogen) atoms. The van der Waals surface area contributed by atoms with Gasteiger partial charge in [-0.05, 0) is 37.1 Å². The second-order valence-corrected chi connectivity index (χ2v) is 5.48. The van der Waals surface area contributed by atoms with Gasteiger partial charge in [-0.3, -0.25) is 0 Å². The Balaban J connectivity index is 2.27. The average Bonchev–Trinajstić information content (AvgIpc) is 2.33. The molecule has 1 unspecified atom stereocenters. The number of hydrogen-bond donors (Lipinski definition) is 1. The maximum Gasteiger partial charge on any atom is 0.141 e. The van der Waals surface area contributed by atoms with Gasteiger partial charge in [0.1, 0.15) is 5.82 Å². The molecular weight excluding hydrogens is 263 g/mol. The first-order valence-electron chi connectivity index (χ1n) is 6.12. The van der Waals surface area contributed by atoms with Gasteiger partial charge < -0.3 is 5.11 Å². The van der Waals surface area contributed by atoms with Crippen LogP contribution in [-0.4, -0.2) is 5.11 Å². The van der Waals surface area contributed by atoms with Crippen LogP contribution in [0, 0.1) is 12.7 Å². The van der Waals surface area contributed by atoms with E-state index in [1.54, 1.807) is 19.1 Å². The summed E-state index contributed by atoms with van der Waals surface area (Å²) in [6.45, 7) is 3.73. The van der Waals surface area contributed by atoms with Crippen LogP contribution in [0.2, 0.25) is 5.02 Å². The molecular formula is C16H16ClFO. The maximum absolute atomic E-state index is 13.1. The summed E-state index contributed by atoms with van der Waals surface area (Å²) >= 11 is 5.76. The lowest BCUT2D eigenvalue weighted by atomic mass is 9.88. The van der Waals surface area contributed by atoms with E-state index in [1.807, 2.05) is 31.2 Å². The van der Waals surface area contributed by atoms with E-state index in [0.717, 1.165) is 16.7 Å². The minimum Gasteiger partial charge on any atom is -0.385 e. The monoisotopic (exact) mass is 278 g/mol. The predicted molar refractivity (Wildman–Crippen MR) is 75.9 cm³/mol.